The summed E-state index contributed by atoms with van der Waals surface area (Å²) in [5.74, 6) is -0.557. The highest BCUT2D eigenvalue weighted by atomic mass is 16.5. The summed E-state index contributed by atoms with van der Waals surface area (Å²) in [6, 6.07) is 3.77. The number of amides is 1. The fraction of sp³-hybridized carbons (Fsp3) is 0.167. The van der Waals surface area contributed by atoms with Crippen LogP contribution in [0.5, 0.6) is 0 Å². The first kappa shape index (κ1) is 12.1. The van der Waals surface area contributed by atoms with Gasteiger partial charge in [0.2, 0.25) is 0 Å². The van der Waals surface area contributed by atoms with E-state index in [1.807, 2.05) is 31.2 Å². The Morgan fingerprint density at radius 1 is 1.56 bits per heavy atom. The first-order valence-corrected chi connectivity index (χ1v) is 4.94. The van der Waals surface area contributed by atoms with Crippen LogP contribution in [0.25, 0.3) is 6.08 Å². The van der Waals surface area contributed by atoms with Crippen molar-refractivity contribution in [1.82, 2.24) is 10.5 Å². The van der Waals surface area contributed by atoms with E-state index < -0.39 is 5.91 Å². The van der Waals surface area contributed by atoms with Crippen molar-refractivity contribution in [2.45, 2.75) is 13.3 Å². The Kier molecular flexibility index (Phi) is 4.95. The van der Waals surface area contributed by atoms with Crippen LogP contribution in [0.3, 0.4) is 0 Å². The van der Waals surface area contributed by atoms with Gasteiger partial charge in [0.05, 0.1) is 0 Å². The van der Waals surface area contributed by atoms with Gasteiger partial charge in [-0.2, -0.15) is 0 Å². The molecule has 1 rings (SSSR count). The van der Waals surface area contributed by atoms with E-state index in [0.29, 0.717) is 0 Å². The molecule has 0 bridgehead atoms. The summed E-state index contributed by atoms with van der Waals surface area (Å²) < 4.78 is 0. The van der Waals surface area contributed by atoms with Crippen molar-refractivity contribution in [3.8, 4) is 0 Å². The highest BCUT2D eigenvalue weighted by molar-refractivity contribution is 5.90. The molecule has 1 aromatic rings. The number of nitrogens with zero attached hydrogens (tertiary/aromatic N) is 1. The highest BCUT2D eigenvalue weighted by Crippen LogP contribution is 2.03. The number of pyridine rings is 1. The second kappa shape index (κ2) is 6.53. The predicted octanol–water partition coefficient (Wildman–Crippen LogP) is 1.72. The molecule has 0 saturated heterocycles. The molecular formula is C12H14N2O2. The van der Waals surface area contributed by atoms with E-state index in [-0.39, 0.29) is 0 Å². The first-order chi connectivity index (χ1) is 7.76. The van der Waals surface area contributed by atoms with Gasteiger partial charge >= 0.3 is 0 Å². The Bertz CT molecular complexity index is 394. The Morgan fingerprint density at radius 3 is 2.94 bits per heavy atom. The molecule has 4 nitrogen and oxygen atoms in total. The standard InChI is InChI=1S/C12H14N2O2/c1-2-3-4-11-7-5-10(9-13-11)6-8-12(15)14-16/h2-3,5-9,16H,4H2,1H3,(H,14,15)/b3-2+,8-6+. The molecule has 84 valence electrons. The highest BCUT2D eigenvalue weighted by Gasteiger charge is 1.93. The number of hydroxylamine groups is 1. The Morgan fingerprint density at radius 2 is 2.38 bits per heavy atom. The number of hydrogen-bond acceptors (Lipinski definition) is 3. The third-order valence-electron chi connectivity index (χ3n) is 1.95. The normalized spacial score (nSPS) is 11.1. The molecule has 0 fully saturated rings. The molecule has 0 atom stereocenters. The van der Waals surface area contributed by atoms with E-state index in [2.05, 4.69) is 4.98 Å². The predicted molar refractivity (Wildman–Crippen MR) is 61.7 cm³/mol. The van der Waals surface area contributed by atoms with Crippen molar-refractivity contribution < 1.29 is 10.0 Å². The molecule has 0 aliphatic heterocycles. The van der Waals surface area contributed by atoms with E-state index in [0.717, 1.165) is 17.7 Å². The van der Waals surface area contributed by atoms with E-state index in [9.17, 15) is 4.79 Å². The Hall–Kier alpha value is -1.94. The summed E-state index contributed by atoms with van der Waals surface area (Å²) in [5.41, 5.74) is 3.31. The molecule has 16 heavy (non-hydrogen) atoms. The van der Waals surface area contributed by atoms with Crippen LogP contribution < -0.4 is 5.48 Å². The summed E-state index contributed by atoms with van der Waals surface area (Å²) in [5, 5.41) is 8.28. The summed E-state index contributed by atoms with van der Waals surface area (Å²) in [6.07, 6.45) is 9.30. The second-order valence-corrected chi connectivity index (χ2v) is 3.17. The van der Waals surface area contributed by atoms with Gasteiger partial charge < -0.3 is 0 Å². The van der Waals surface area contributed by atoms with Crippen molar-refractivity contribution in [3.05, 3.63) is 47.8 Å². The van der Waals surface area contributed by atoms with Crippen molar-refractivity contribution in [2.75, 3.05) is 0 Å². The van der Waals surface area contributed by atoms with Crippen LogP contribution in [0.1, 0.15) is 18.2 Å². The lowest BCUT2D eigenvalue weighted by molar-refractivity contribution is -0.124. The minimum atomic E-state index is -0.557. The van der Waals surface area contributed by atoms with Gasteiger partial charge in [-0.3, -0.25) is 15.0 Å². The molecule has 0 aliphatic rings. The minimum absolute atomic E-state index is 0.557. The monoisotopic (exact) mass is 218 g/mol. The third kappa shape index (κ3) is 4.06. The van der Waals surface area contributed by atoms with Crippen molar-refractivity contribution in [3.63, 3.8) is 0 Å². The quantitative estimate of drug-likeness (QED) is 0.350. The fourth-order valence-corrected chi connectivity index (χ4v) is 1.10. The number of rotatable bonds is 4. The second-order valence-electron chi connectivity index (χ2n) is 3.17. The largest absolute Gasteiger partial charge is 0.288 e. The minimum Gasteiger partial charge on any atom is -0.288 e. The molecule has 1 heterocycles. The van der Waals surface area contributed by atoms with Gasteiger partial charge in [0, 0.05) is 24.4 Å². The maximum atomic E-state index is 10.7. The summed E-state index contributed by atoms with van der Waals surface area (Å²) in [4.78, 5) is 14.9. The number of carbonyl (C=O) groups is 1. The van der Waals surface area contributed by atoms with E-state index in [1.165, 1.54) is 11.6 Å². The lowest BCUT2D eigenvalue weighted by Gasteiger charge is -1.96. The van der Waals surface area contributed by atoms with Crippen LogP contribution in [-0.2, 0) is 11.2 Å². The van der Waals surface area contributed by atoms with Gasteiger partial charge in [-0.25, -0.2) is 5.48 Å². The number of hydrogen-bond donors (Lipinski definition) is 2. The summed E-state index contributed by atoms with van der Waals surface area (Å²) >= 11 is 0. The maximum absolute atomic E-state index is 10.7. The lowest BCUT2D eigenvalue weighted by atomic mass is 10.2. The van der Waals surface area contributed by atoms with Crippen LogP contribution in [-0.4, -0.2) is 16.1 Å². The molecule has 0 saturated carbocycles. The number of carbonyl (C=O) groups excluding carboxylic acids is 1. The molecule has 1 amide bonds. The zero-order chi connectivity index (χ0) is 11.8. The van der Waals surface area contributed by atoms with Crippen molar-refractivity contribution in [1.29, 1.82) is 0 Å². The lowest BCUT2D eigenvalue weighted by Crippen LogP contribution is -2.14. The zero-order valence-corrected chi connectivity index (χ0v) is 9.05. The van der Waals surface area contributed by atoms with Gasteiger partial charge in [-0.1, -0.05) is 18.2 Å². The van der Waals surface area contributed by atoms with Crippen LogP contribution in [0, 0.1) is 0 Å². The van der Waals surface area contributed by atoms with Crippen LogP contribution in [0.4, 0.5) is 0 Å². The van der Waals surface area contributed by atoms with Gasteiger partial charge in [0.1, 0.15) is 0 Å². The molecule has 0 aliphatic carbocycles. The molecule has 1 aromatic heterocycles. The molecule has 2 N–H and O–H groups in total. The SMILES string of the molecule is C/C=C/Cc1ccc(/C=C/C(=O)NO)cn1. The molecule has 0 radical (unpaired) electrons. The first-order valence-electron chi connectivity index (χ1n) is 4.94. The van der Waals surface area contributed by atoms with Crippen molar-refractivity contribution in [2.24, 2.45) is 0 Å². The number of aromatic nitrogens is 1. The molecule has 0 spiro atoms. The summed E-state index contributed by atoms with van der Waals surface area (Å²) in [6.45, 7) is 1.96. The van der Waals surface area contributed by atoms with Crippen LogP contribution >= 0.6 is 0 Å². The van der Waals surface area contributed by atoms with Gasteiger partial charge in [-0.05, 0) is 24.6 Å². The Balaban J connectivity index is 2.64. The third-order valence-corrected chi connectivity index (χ3v) is 1.95. The van der Waals surface area contributed by atoms with Crippen molar-refractivity contribution >= 4 is 12.0 Å². The average molecular weight is 218 g/mol. The van der Waals surface area contributed by atoms with Gasteiger partial charge in [0.25, 0.3) is 5.91 Å². The number of allylic oxidation sites excluding steroid dienone is 2. The smallest absolute Gasteiger partial charge is 0.267 e. The van der Waals surface area contributed by atoms with E-state index in [1.54, 1.807) is 12.3 Å². The zero-order valence-electron chi connectivity index (χ0n) is 9.05. The van der Waals surface area contributed by atoms with Gasteiger partial charge in [-0.15, -0.1) is 0 Å². The number of nitrogens with one attached hydrogen (secondary N) is 1. The molecule has 0 unspecified atom stereocenters. The van der Waals surface area contributed by atoms with Crippen LogP contribution in [0.2, 0.25) is 0 Å². The molecular weight excluding hydrogens is 204 g/mol. The van der Waals surface area contributed by atoms with Gasteiger partial charge in [0.15, 0.2) is 0 Å². The average Bonchev–Trinajstić information content (AvgIpc) is 2.34. The molecule has 0 aromatic carbocycles. The Labute approximate surface area is 94.3 Å². The fourth-order valence-electron chi connectivity index (χ4n) is 1.10. The topological polar surface area (TPSA) is 62.2 Å². The van der Waals surface area contributed by atoms with E-state index >= 15 is 0 Å². The molecule has 4 heteroatoms. The maximum Gasteiger partial charge on any atom is 0.267 e. The van der Waals surface area contributed by atoms with E-state index in [4.69, 9.17) is 5.21 Å². The van der Waals surface area contributed by atoms with Crippen LogP contribution in [0.15, 0.2) is 36.6 Å². The summed E-state index contributed by atoms with van der Waals surface area (Å²) in [7, 11) is 0.